The molecule has 1 unspecified atom stereocenters. The zero-order valence-electron chi connectivity index (χ0n) is 20.3. The van der Waals surface area contributed by atoms with Crippen LogP contribution in [0.15, 0.2) is 78.9 Å². The number of nitrogens with one attached hydrogen (secondary N) is 1. The molecule has 0 bridgehead atoms. The molecule has 0 aliphatic heterocycles. The SMILES string of the molecule is COc1ccc(C(C(=O)NCc2ccccc2)N(C(=O)c2snc(C(N)=O)c2N)c2ccc(F)cc2)cc1. The van der Waals surface area contributed by atoms with E-state index in [0.717, 1.165) is 5.56 Å². The standard InChI is InChI=1S/C27H24FN5O4S/c1-37-20-13-7-17(8-14-20)23(26(35)31-15-16-5-3-2-4-6-16)33(19-11-9-18(28)10-12-19)27(36)24-21(29)22(25(30)34)32-38-24/h2-14,23H,15,29H2,1H3,(H2,30,34)(H,31,35). The smallest absolute Gasteiger partial charge is 0.273 e. The summed E-state index contributed by atoms with van der Waals surface area (Å²) in [4.78, 5) is 40.6. The monoisotopic (exact) mass is 533 g/mol. The molecule has 0 aliphatic carbocycles. The highest BCUT2D eigenvalue weighted by molar-refractivity contribution is 7.09. The van der Waals surface area contributed by atoms with Crippen LogP contribution >= 0.6 is 11.5 Å². The van der Waals surface area contributed by atoms with Gasteiger partial charge in [-0.05, 0) is 59.1 Å². The summed E-state index contributed by atoms with van der Waals surface area (Å²) in [5, 5.41) is 2.88. The first kappa shape index (κ1) is 26.3. The summed E-state index contributed by atoms with van der Waals surface area (Å²) in [5.41, 5.74) is 12.5. The van der Waals surface area contributed by atoms with Crippen molar-refractivity contribution in [2.24, 2.45) is 5.73 Å². The highest BCUT2D eigenvalue weighted by Gasteiger charge is 2.36. The summed E-state index contributed by atoms with van der Waals surface area (Å²) in [6.45, 7) is 0.201. The van der Waals surface area contributed by atoms with Crippen LogP contribution in [0.4, 0.5) is 15.8 Å². The number of halogens is 1. The van der Waals surface area contributed by atoms with Gasteiger partial charge in [0.1, 0.15) is 22.5 Å². The minimum atomic E-state index is -1.21. The first-order valence-electron chi connectivity index (χ1n) is 11.4. The van der Waals surface area contributed by atoms with Gasteiger partial charge in [0.05, 0.1) is 12.8 Å². The van der Waals surface area contributed by atoms with Crippen LogP contribution in [0.2, 0.25) is 0 Å². The number of primary amides is 1. The summed E-state index contributed by atoms with van der Waals surface area (Å²) in [6.07, 6.45) is 0. The second-order valence-corrected chi connectivity index (χ2v) is 8.94. The van der Waals surface area contributed by atoms with Crippen molar-refractivity contribution in [3.05, 3.63) is 106 Å². The number of nitrogen functional groups attached to an aromatic ring is 1. The van der Waals surface area contributed by atoms with Crippen molar-refractivity contribution >= 4 is 40.6 Å². The number of benzene rings is 3. The molecule has 0 radical (unpaired) electrons. The van der Waals surface area contributed by atoms with Gasteiger partial charge in [-0.2, -0.15) is 4.37 Å². The van der Waals surface area contributed by atoms with Crippen LogP contribution in [0.25, 0.3) is 0 Å². The first-order chi connectivity index (χ1) is 18.3. The Morgan fingerprint density at radius 3 is 2.26 bits per heavy atom. The lowest BCUT2D eigenvalue weighted by molar-refractivity contribution is -0.122. The Kier molecular flexibility index (Phi) is 7.97. The van der Waals surface area contributed by atoms with Gasteiger partial charge in [0.25, 0.3) is 11.8 Å². The second-order valence-electron chi connectivity index (χ2n) is 8.17. The lowest BCUT2D eigenvalue weighted by Crippen LogP contribution is -2.44. The van der Waals surface area contributed by atoms with E-state index < -0.39 is 29.6 Å². The summed E-state index contributed by atoms with van der Waals surface area (Å²) in [5.74, 6) is -2.08. The Balaban J connectivity index is 1.82. The third-order valence-electron chi connectivity index (χ3n) is 5.73. The van der Waals surface area contributed by atoms with Crippen LogP contribution in [0.5, 0.6) is 5.75 Å². The highest BCUT2D eigenvalue weighted by atomic mass is 32.1. The van der Waals surface area contributed by atoms with Gasteiger partial charge >= 0.3 is 0 Å². The molecule has 5 N–H and O–H groups in total. The zero-order valence-corrected chi connectivity index (χ0v) is 21.1. The molecule has 0 spiro atoms. The molecule has 0 saturated heterocycles. The summed E-state index contributed by atoms with van der Waals surface area (Å²) in [6, 6.07) is 19.8. The lowest BCUT2D eigenvalue weighted by atomic mass is 10.0. The molecule has 1 atom stereocenters. The van der Waals surface area contributed by atoms with Gasteiger partial charge in [0.2, 0.25) is 5.91 Å². The van der Waals surface area contributed by atoms with Gasteiger partial charge in [-0.25, -0.2) is 4.39 Å². The quantitative estimate of drug-likeness (QED) is 0.300. The average molecular weight is 534 g/mol. The van der Waals surface area contributed by atoms with E-state index in [4.69, 9.17) is 16.2 Å². The molecule has 3 aromatic carbocycles. The normalized spacial score (nSPS) is 11.4. The fourth-order valence-electron chi connectivity index (χ4n) is 3.81. The number of carbonyl (C=O) groups is 3. The number of rotatable bonds is 9. The van der Waals surface area contributed by atoms with E-state index in [0.29, 0.717) is 22.8 Å². The number of anilines is 2. The van der Waals surface area contributed by atoms with Gasteiger partial charge in [-0.15, -0.1) is 0 Å². The van der Waals surface area contributed by atoms with E-state index in [9.17, 15) is 18.8 Å². The molecule has 9 nitrogen and oxygen atoms in total. The van der Waals surface area contributed by atoms with E-state index in [2.05, 4.69) is 9.69 Å². The summed E-state index contributed by atoms with van der Waals surface area (Å²) < 4.78 is 23.0. The van der Waals surface area contributed by atoms with Gasteiger partial charge < -0.3 is 21.5 Å². The van der Waals surface area contributed by atoms with Crippen molar-refractivity contribution in [2.75, 3.05) is 17.7 Å². The molecule has 0 fully saturated rings. The summed E-state index contributed by atoms with van der Waals surface area (Å²) in [7, 11) is 1.51. The van der Waals surface area contributed by atoms with Gasteiger partial charge in [0.15, 0.2) is 5.69 Å². The molecule has 0 saturated carbocycles. The van der Waals surface area contributed by atoms with Crippen LogP contribution in [0.1, 0.15) is 37.3 Å². The molecule has 38 heavy (non-hydrogen) atoms. The lowest BCUT2D eigenvalue weighted by Gasteiger charge is -2.31. The molecule has 1 heterocycles. The number of hydrogen-bond donors (Lipinski definition) is 3. The molecule has 4 rings (SSSR count). The molecule has 11 heteroatoms. The molecule has 0 aliphatic rings. The Labute approximate surface area is 222 Å². The minimum absolute atomic E-state index is 0.0857. The van der Waals surface area contributed by atoms with Crippen molar-refractivity contribution in [1.29, 1.82) is 0 Å². The number of hydrogen-bond acceptors (Lipinski definition) is 7. The Bertz CT molecular complexity index is 1440. The van der Waals surface area contributed by atoms with Crippen molar-refractivity contribution in [3.63, 3.8) is 0 Å². The Morgan fingerprint density at radius 1 is 1.03 bits per heavy atom. The van der Waals surface area contributed by atoms with E-state index in [1.807, 2.05) is 30.3 Å². The van der Waals surface area contributed by atoms with Crippen LogP contribution < -0.4 is 26.4 Å². The molecule has 3 amide bonds. The third-order valence-corrected chi connectivity index (χ3v) is 6.58. The number of nitrogens with two attached hydrogens (primary N) is 2. The van der Waals surface area contributed by atoms with Crippen molar-refractivity contribution in [2.45, 2.75) is 12.6 Å². The number of ether oxygens (including phenoxy) is 1. The first-order valence-corrected chi connectivity index (χ1v) is 12.2. The van der Waals surface area contributed by atoms with E-state index in [1.165, 1.54) is 36.3 Å². The zero-order chi connectivity index (χ0) is 27.2. The summed E-state index contributed by atoms with van der Waals surface area (Å²) >= 11 is 0.687. The van der Waals surface area contributed by atoms with Crippen LogP contribution in [0.3, 0.4) is 0 Å². The van der Waals surface area contributed by atoms with Crippen molar-refractivity contribution < 1.29 is 23.5 Å². The maximum absolute atomic E-state index is 14.0. The van der Waals surface area contributed by atoms with Crippen LogP contribution in [-0.2, 0) is 11.3 Å². The second kappa shape index (κ2) is 11.5. The maximum atomic E-state index is 14.0. The van der Waals surface area contributed by atoms with Crippen LogP contribution in [0, 0.1) is 5.82 Å². The number of aromatic nitrogens is 1. The van der Waals surface area contributed by atoms with Crippen molar-refractivity contribution in [3.8, 4) is 5.75 Å². The third kappa shape index (κ3) is 5.62. The fourth-order valence-corrected chi connectivity index (χ4v) is 4.55. The van der Waals surface area contributed by atoms with Gasteiger partial charge in [0, 0.05) is 12.2 Å². The molecular weight excluding hydrogens is 509 g/mol. The Morgan fingerprint density at radius 2 is 1.68 bits per heavy atom. The average Bonchev–Trinajstić information content (AvgIpc) is 3.33. The maximum Gasteiger partial charge on any atom is 0.273 e. The van der Waals surface area contributed by atoms with Gasteiger partial charge in [-0.3, -0.25) is 19.3 Å². The molecular formula is C27H24FN5O4S. The highest BCUT2D eigenvalue weighted by Crippen LogP contribution is 2.34. The predicted molar refractivity (Wildman–Crippen MR) is 142 cm³/mol. The van der Waals surface area contributed by atoms with Gasteiger partial charge in [-0.1, -0.05) is 42.5 Å². The largest absolute Gasteiger partial charge is 0.497 e. The molecule has 4 aromatic rings. The number of methoxy groups -OCH3 is 1. The van der Waals surface area contributed by atoms with E-state index in [-0.39, 0.29) is 28.5 Å². The molecule has 1 aromatic heterocycles. The number of nitrogens with zero attached hydrogens (tertiary/aromatic N) is 2. The van der Waals surface area contributed by atoms with E-state index >= 15 is 0 Å². The topological polar surface area (TPSA) is 141 Å². The van der Waals surface area contributed by atoms with Crippen molar-refractivity contribution in [1.82, 2.24) is 9.69 Å². The van der Waals surface area contributed by atoms with E-state index in [1.54, 1.807) is 24.3 Å². The number of amides is 3. The number of carbonyl (C=O) groups excluding carboxylic acids is 3. The predicted octanol–water partition coefficient (Wildman–Crippen LogP) is 3.68. The fraction of sp³-hybridized carbons (Fsp3) is 0.111. The van der Waals surface area contributed by atoms with Crippen LogP contribution in [-0.4, -0.2) is 29.2 Å². The Hall–Kier alpha value is -4.77. The molecule has 194 valence electrons. The minimum Gasteiger partial charge on any atom is -0.497 e.